The zero-order chi connectivity index (χ0) is 13.9. The van der Waals surface area contributed by atoms with Crippen LogP contribution in [-0.4, -0.2) is 18.1 Å². The molecule has 3 heteroatoms. The predicted octanol–water partition coefficient (Wildman–Crippen LogP) is 4.11. The van der Waals surface area contributed by atoms with Crippen LogP contribution in [0.3, 0.4) is 0 Å². The average Bonchev–Trinajstić information content (AvgIpc) is 2.39. The van der Waals surface area contributed by atoms with Gasteiger partial charge < -0.3 is 10.1 Å². The van der Waals surface area contributed by atoms with E-state index in [-0.39, 0.29) is 0 Å². The molecule has 1 heterocycles. The summed E-state index contributed by atoms with van der Waals surface area (Å²) in [4.78, 5) is 4.27. The molecule has 0 saturated heterocycles. The van der Waals surface area contributed by atoms with E-state index in [1.165, 1.54) is 25.7 Å². The Morgan fingerprint density at radius 3 is 2.68 bits per heavy atom. The third-order valence-electron chi connectivity index (χ3n) is 4.18. The molecule has 3 nitrogen and oxygen atoms in total. The van der Waals surface area contributed by atoms with Crippen LogP contribution < -0.4 is 10.1 Å². The van der Waals surface area contributed by atoms with Gasteiger partial charge in [0.25, 0.3) is 0 Å². The van der Waals surface area contributed by atoms with Gasteiger partial charge in [0.2, 0.25) is 5.88 Å². The molecule has 2 atom stereocenters. The van der Waals surface area contributed by atoms with Crippen molar-refractivity contribution in [2.24, 2.45) is 11.3 Å². The van der Waals surface area contributed by atoms with E-state index in [0.29, 0.717) is 23.3 Å². The number of ether oxygens (including phenoxy) is 1. The molecular formula is C16H26N2O. The fourth-order valence-corrected chi connectivity index (χ4v) is 3.20. The first kappa shape index (κ1) is 14.2. The second kappa shape index (κ2) is 5.81. The molecule has 1 fully saturated rings. The van der Waals surface area contributed by atoms with Crippen molar-refractivity contribution in [2.75, 3.05) is 12.4 Å². The van der Waals surface area contributed by atoms with Gasteiger partial charge in [-0.05, 0) is 36.3 Å². The summed E-state index contributed by atoms with van der Waals surface area (Å²) < 4.78 is 5.33. The van der Waals surface area contributed by atoms with E-state index in [9.17, 15) is 0 Å². The third-order valence-corrected chi connectivity index (χ3v) is 4.18. The first-order valence-electron chi connectivity index (χ1n) is 7.28. The number of methoxy groups -OCH3 is 1. The molecule has 1 aromatic rings. The van der Waals surface area contributed by atoms with E-state index in [2.05, 4.69) is 37.1 Å². The maximum Gasteiger partial charge on any atom is 0.237 e. The van der Waals surface area contributed by atoms with Crippen molar-refractivity contribution in [1.82, 2.24) is 4.98 Å². The molecular weight excluding hydrogens is 236 g/mol. The second-order valence-electron chi connectivity index (χ2n) is 6.57. The molecule has 0 radical (unpaired) electrons. The van der Waals surface area contributed by atoms with Gasteiger partial charge in [-0.1, -0.05) is 33.6 Å². The highest BCUT2D eigenvalue weighted by atomic mass is 16.5. The van der Waals surface area contributed by atoms with Gasteiger partial charge in [0.05, 0.1) is 12.8 Å². The lowest BCUT2D eigenvalue weighted by Crippen LogP contribution is -2.39. The molecule has 19 heavy (non-hydrogen) atoms. The number of rotatable bonds is 3. The smallest absolute Gasteiger partial charge is 0.237 e. The lowest BCUT2D eigenvalue weighted by atomic mass is 9.69. The van der Waals surface area contributed by atoms with Gasteiger partial charge in [-0.2, -0.15) is 0 Å². The maximum atomic E-state index is 5.33. The summed E-state index contributed by atoms with van der Waals surface area (Å²) in [6.45, 7) is 7.04. The Hall–Kier alpha value is -1.25. The van der Waals surface area contributed by atoms with Crippen LogP contribution in [0.15, 0.2) is 18.3 Å². The van der Waals surface area contributed by atoms with Gasteiger partial charge in [0.1, 0.15) is 0 Å². The molecule has 2 rings (SSSR count). The van der Waals surface area contributed by atoms with E-state index >= 15 is 0 Å². The number of aromatic nitrogens is 1. The van der Waals surface area contributed by atoms with E-state index in [1.807, 2.05) is 6.07 Å². The van der Waals surface area contributed by atoms with Crippen molar-refractivity contribution < 1.29 is 4.74 Å². The molecule has 1 aliphatic carbocycles. The molecule has 1 aliphatic rings. The van der Waals surface area contributed by atoms with Gasteiger partial charge in [0.15, 0.2) is 0 Å². The monoisotopic (exact) mass is 262 g/mol. The standard InChI is InChI=1S/C16H26N2O/c1-16(2,3)12-8-5-6-9-13(12)18-14-10-7-11-17-15(14)19-4/h7,10-13,18H,5-6,8-9H2,1-4H3. The Morgan fingerprint density at radius 1 is 1.26 bits per heavy atom. The second-order valence-corrected chi connectivity index (χ2v) is 6.57. The van der Waals surface area contributed by atoms with Crippen LogP contribution in [0.5, 0.6) is 5.88 Å². The highest BCUT2D eigenvalue weighted by molar-refractivity contribution is 5.52. The van der Waals surface area contributed by atoms with Gasteiger partial charge in [0, 0.05) is 12.2 Å². The van der Waals surface area contributed by atoms with E-state index in [0.717, 1.165) is 5.69 Å². The Labute approximate surface area is 116 Å². The molecule has 106 valence electrons. The molecule has 2 unspecified atom stereocenters. The van der Waals surface area contributed by atoms with Crippen LogP contribution >= 0.6 is 0 Å². The van der Waals surface area contributed by atoms with Gasteiger partial charge in [-0.15, -0.1) is 0 Å². The topological polar surface area (TPSA) is 34.1 Å². The Balaban J connectivity index is 2.15. The Morgan fingerprint density at radius 2 is 2.00 bits per heavy atom. The number of anilines is 1. The molecule has 0 bridgehead atoms. The lowest BCUT2D eigenvalue weighted by Gasteiger charge is -2.41. The minimum atomic E-state index is 0.341. The van der Waals surface area contributed by atoms with Crippen LogP contribution in [0.4, 0.5) is 5.69 Å². The molecule has 1 saturated carbocycles. The minimum Gasteiger partial charge on any atom is -0.480 e. The summed E-state index contributed by atoms with van der Waals surface area (Å²) >= 11 is 0. The predicted molar refractivity (Wildman–Crippen MR) is 79.6 cm³/mol. The summed E-state index contributed by atoms with van der Waals surface area (Å²) in [6.07, 6.45) is 6.98. The summed E-state index contributed by atoms with van der Waals surface area (Å²) in [6, 6.07) is 4.53. The number of nitrogens with one attached hydrogen (secondary N) is 1. The summed E-state index contributed by atoms with van der Waals surface area (Å²) in [5, 5.41) is 3.67. The zero-order valence-electron chi connectivity index (χ0n) is 12.6. The fraction of sp³-hybridized carbons (Fsp3) is 0.688. The van der Waals surface area contributed by atoms with Crippen molar-refractivity contribution in [3.8, 4) is 5.88 Å². The highest BCUT2D eigenvalue weighted by Gasteiger charge is 2.34. The summed E-state index contributed by atoms with van der Waals surface area (Å²) in [7, 11) is 1.68. The number of hydrogen-bond donors (Lipinski definition) is 1. The normalized spacial score (nSPS) is 24.0. The molecule has 0 amide bonds. The summed E-state index contributed by atoms with van der Waals surface area (Å²) in [5.41, 5.74) is 1.36. The van der Waals surface area contributed by atoms with Crippen molar-refractivity contribution in [3.05, 3.63) is 18.3 Å². The molecule has 1 aromatic heterocycles. The van der Waals surface area contributed by atoms with Crippen LogP contribution in [0.25, 0.3) is 0 Å². The third kappa shape index (κ3) is 3.40. The lowest BCUT2D eigenvalue weighted by molar-refractivity contribution is 0.162. The first-order chi connectivity index (χ1) is 9.02. The maximum absolute atomic E-state index is 5.33. The van der Waals surface area contributed by atoms with Crippen LogP contribution in [0, 0.1) is 11.3 Å². The number of pyridine rings is 1. The van der Waals surface area contributed by atoms with Gasteiger partial charge in [-0.3, -0.25) is 0 Å². The minimum absolute atomic E-state index is 0.341. The van der Waals surface area contributed by atoms with Gasteiger partial charge in [-0.25, -0.2) is 4.98 Å². The fourth-order valence-electron chi connectivity index (χ4n) is 3.20. The van der Waals surface area contributed by atoms with E-state index in [4.69, 9.17) is 4.74 Å². The van der Waals surface area contributed by atoms with Crippen molar-refractivity contribution in [3.63, 3.8) is 0 Å². The average molecular weight is 262 g/mol. The van der Waals surface area contributed by atoms with Gasteiger partial charge >= 0.3 is 0 Å². The van der Waals surface area contributed by atoms with Crippen molar-refractivity contribution in [2.45, 2.75) is 52.5 Å². The largest absolute Gasteiger partial charge is 0.480 e. The quantitative estimate of drug-likeness (QED) is 0.890. The SMILES string of the molecule is COc1ncccc1NC1CCCCC1C(C)(C)C. The van der Waals surface area contributed by atoms with Crippen LogP contribution in [0.1, 0.15) is 46.5 Å². The highest BCUT2D eigenvalue weighted by Crippen LogP contribution is 2.40. The van der Waals surface area contributed by atoms with Crippen molar-refractivity contribution in [1.29, 1.82) is 0 Å². The molecule has 0 aliphatic heterocycles. The molecule has 1 N–H and O–H groups in total. The zero-order valence-corrected chi connectivity index (χ0v) is 12.6. The van der Waals surface area contributed by atoms with Crippen molar-refractivity contribution >= 4 is 5.69 Å². The molecule has 0 aromatic carbocycles. The van der Waals surface area contributed by atoms with Crippen LogP contribution in [0.2, 0.25) is 0 Å². The first-order valence-corrected chi connectivity index (χ1v) is 7.28. The van der Waals surface area contributed by atoms with Crippen LogP contribution in [-0.2, 0) is 0 Å². The Bertz CT molecular complexity index is 411. The van der Waals surface area contributed by atoms with E-state index < -0.39 is 0 Å². The summed E-state index contributed by atoms with van der Waals surface area (Å²) in [5.74, 6) is 1.40. The van der Waals surface area contributed by atoms with E-state index in [1.54, 1.807) is 13.3 Å². The molecule has 0 spiro atoms. The number of hydrogen-bond acceptors (Lipinski definition) is 3. The number of nitrogens with zero attached hydrogens (tertiary/aromatic N) is 1. The Kier molecular flexibility index (Phi) is 4.33.